The van der Waals surface area contributed by atoms with E-state index in [4.69, 9.17) is 9.47 Å². The maximum Gasteiger partial charge on any atom is 0.310 e. The summed E-state index contributed by atoms with van der Waals surface area (Å²) < 4.78 is 10.6. The fraction of sp³-hybridized carbons (Fsp3) is 0.733. The van der Waals surface area contributed by atoms with Gasteiger partial charge in [0.25, 0.3) is 0 Å². The summed E-state index contributed by atoms with van der Waals surface area (Å²) in [7, 11) is 1.77. The molecule has 18 heavy (non-hydrogen) atoms. The lowest BCUT2D eigenvalue weighted by molar-refractivity contribution is -0.142. The number of hydrogen-bond acceptors (Lipinski definition) is 3. The van der Waals surface area contributed by atoms with Gasteiger partial charge in [-0.15, -0.1) is 5.73 Å². The molecule has 0 saturated heterocycles. The molecule has 1 aliphatic rings. The van der Waals surface area contributed by atoms with Crippen molar-refractivity contribution >= 4 is 5.97 Å². The van der Waals surface area contributed by atoms with Crippen molar-refractivity contribution in [2.75, 3.05) is 13.7 Å². The Morgan fingerprint density at radius 1 is 1.33 bits per heavy atom. The van der Waals surface area contributed by atoms with Crippen LogP contribution in [-0.2, 0) is 14.3 Å². The highest BCUT2D eigenvalue weighted by molar-refractivity contribution is 5.71. The summed E-state index contributed by atoms with van der Waals surface area (Å²) in [5.74, 6) is -0.201. The molecule has 3 nitrogen and oxygen atoms in total. The summed E-state index contributed by atoms with van der Waals surface area (Å²) in [5.41, 5.74) is 4.13. The smallest absolute Gasteiger partial charge is 0.310 e. The molecule has 0 atom stereocenters. The van der Waals surface area contributed by atoms with Crippen LogP contribution in [0.3, 0.4) is 0 Å². The Balaban J connectivity index is 2.67. The van der Waals surface area contributed by atoms with Gasteiger partial charge >= 0.3 is 5.97 Å². The van der Waals surface area contributed by atoms with Crippen LogP contribution in [0.1, 0.15) is 52.4 Å². The van der Waals surface area contributed by atoms with Gasteiger partial charge in [-0.1, -0.05) is 19.3 Å². The van der Waals surface area contributed by atoms with Gasteiger partial charge in [-0.05, 0) is 38.3 Å². The van der Waals surface area contributed by atoms with Crippen LogP contribution in [0.2, 0.25) is 0 Å². The molecule has 0 bridgehead atoms. The van der Waals surface area contributed by atoms with E-state index in [0.29, 0.717) is 6.61 Å². The Kier molecular flexibility index (Phi) is 6.17. The normalized spacial score (nSPS) is 17.7. The van der Waals surface area contributed by atoms with Crippen molar-refractivity contribution in [2.24, 2.45) is 0 Å². The number of rotatable bonds is 5. The van der Waals surface area contributed by atoms with E-state index in [-0.39, 0.29) is 18.0 Å². The van der Waals surface area contributed by atoms with E-state index in [1.165, 1.54) is 19.3 Å². The lowest BCUT2D eigenvalue weighted by Gasteiger charge is -2.36. The van der Waals surface area contributed by atoms with Crippen molar-refractivity contribution in [1.29, 1.82) is 0 Å². The quantitative estimate of drug-likeness (QED) is 0.556. The summed E-state index contributed by atoms with van der Waals surface area (Å²) in [6, 6.07) is 0. The number of carbonyl (C=O) groups excluding carboxylic acids is 1. The van der Waals surface area contributed by atoms with E-state index >= 15 is 0 Å². The van der Waals surface area contributed by atoms with E-state index in [2.05, 4.69) is 5.73 Å². The standard InChI is InChI=1S/C15H24O3/c1-4-18-14(16)10-8-9-13(2)15(17-3)11-6-5-7-12-15/h8H,4-7,10-12H2,1-3H3. The molecule has 0 spiro atoms. The molecule has 3 heteroatoms. The summed E-state index contributed by atoms with van der Waals surface area (Å²) in [6.45, 7) is 4.28. The number of esters is 1. The Morgan fingerprint density at radius 2 is 2.00 bits per heavy atom. The van der Waals surface area contributed by atoms with Crippen molar-refractivity contribution in [3.05, 3.63) is 17.4 Å². The van der Waals surface area contributed by atoms with Gasteiger partial charge in [0.05, 0.1) is 18.6 Å². The van der Waals surface area contributed by atoms with E-state index in [1.807, 2.05) is 13.8 Å². The first-order chi connectivity index (χ1) is 8.64. The van der Waals surface area contributed by atoms with Gasteiger partial charge in [0.1, 0.15) is 0 Å². The van der Waals surface area contributed by atoms with Gasteiger partial charge in [-0.25, -0.2) is 0 Å². The van der Waals surface area contributed by atoms with Gasteiger partial charge in [-0.3, -0.25) is 4.79 Å². The minimum atomic E-state index is -0.201. The Bertz CT molecular complexity index is 332. The van der Waals surface area contributed by atoms with Gasteiger partial charge in [-0.2, -0.15) is 0 Å². The zero-order valence-electron chi connectivity index (χ0n) is 11.8. The molecule has 0 aromatic heterocycles. The topological polar surface area (TPSA) is 35.5 Å². The molecule has 0 amide bonds. The third-order valence-corrected chi connectivity index (χ3v) is 3.63. The zero-order chi connectivity index (χ0) is 13.4. The second-order valence-electron chi connectivity index (χ2n) is 4.74. The molecule has 0 aromatic carbocycles. The van der Waals surface area contributed by atoms with Crippen LogP contribution in [0.15, 0.2) is 17.4 Å². The lowest BCUT2D eigenvalue weighted by atomic mass is 9.80. The molecule has 0 N–H and O–H groups in total. The van der Waals surface area contributed by atoms with Crippen LogP contribution >= 0.6 is 0 Å². The second kappa shape index (κ2) is 7.40. The summed E-state index contributed by atoms with van der Waals surface area (Å²) >= 11 is 0. The highest BCUT2D eigenvalue weighted by Gasteiger charge is 2.33. The molecular weight excluding hydrogens is 228 g/mol. The molecule has 0 unspecified atom stereocenters. The van der Waals surface area contributed by atoms with Crippen molar-refractivity contribution in [1.82, 2.24) is 0 Å². The summed E-state index contributed by atoms with van der Waals surface area (Å²) in [4.78, 5) is 11.2. The van der Waals surface area contributed by atoms with Crippen molar-refractivity contribution in [3.63, 3.8) is 0 Å². The van der Waals surface area contributed by atoms with Crippen LogP contribution in [-0.4, -0.2) is 25.3 Å². The summed E-state index contributed by atoms with van der Waals surface area (Å²) in [6.07, 6.45) is 7.82. The van der Waals surface area contributed by atoms with E-state index in [9.17, 15) is 4.79 Å². The van der Waals surface area contributed by atoms with Crippen molar-refractivity contribution < 1.29 is 14.3 Å². The van der Waals surface area contributed by atoms with E-state index in [0.717, 1.165) is 18.4 Å². The van der Waals surface area contributed by atoms with Gasteiger partial charge in [0, 0.05) is 7.11 Å². The molecular formula is C15H24O3. The first-order valence-corrected chi connectivity index (χ1v) is 6.77. The molecule has 1 rings (SSSR count). The molecule has 1 saturated carbocycles. The number of methoxy groups -OCH3 is 1. The SMILES string of the molecule is CCOC(=O)CC=C=C(C)C1(OC)CCCCC1. The highest BCUT2D eigenvalue weighted by Crippen LogP contribution is 2.36. The molecule has 1 aliphatic carbocycles. The number of ether oxygens (including phenoxy) is 2. The van der Waals surface area contributed by atoms with Gasteiger partial charge in [0.2, 0.25) is 0 Å². The van der Waals surface area contributed by atoms with Crippen LogP contribution in [0.5, 0.6) is 0 Å². The largest absolute Gasteiger partial charge is 0.466 e. The average Bonchev–Trinajstić information content (AvgIpc) is 2.39. The Morgan fingerprint density at radius 3 is 2.56 bits per heavy atom. The number of carbonyl (C=O) groups is 1. The molecule has 0 radical (unpaired) electrons. The maximum atomic E-state index is 11.2. The first kappa shape index (κ1) is 15.0. The highest BCUT2D eigenvalue weighted by atomic mass is 16.5. The van der Waals surface area contributed by atoms with E-state index < -0.39 is 0 Å². The maximum absolute atomic E-state index is 11.2. The third kappa shape index (κ3) is 4.01. The monoisotopic (exact) mass is 252 g/mol. The Labute approximate surface area is 110 Å². The molecule has 0 heterocycles. The Hall–Kier alpha value is -1.05. The van der Waals surface area contributed by atoms with Crippen LogP contribution in [0.4, 0.5) is 0 Å². The second-order valence-corrected chi connectivity index (χ2v) is 4.74. The fourth-order valence-corrected chi connectivity index (χ4v) is 2.49. The predicted octanol–water partition coefficient (Wildman–Crippen LogP) is 3.39. The van der Waals surface area contributed by atoms with Gasteiger partial charge in [0.15, 0.2) is 0 Å². The van der Waals surface area contributed by atoms with Crippen LogP contribution in [0, 0.1) is 0 Å². The minimum Gasteiger partial charge on any atom is -0.466 e. The fourth-order valence-electron chi connectivity index (χ4n) is 2.49. The predicted molar refractivity (Wildman–Crippen MR) is 71.3 cm³/mol. The van der Waals surface area contributed by atoms with Crippen LogP contribution in [0.25, 0.3) is 0 Å². The van der Waals surface area contributed by atoms with Gasteiger partial charge < -0.3 is 9.47 Å². The summed E-state index contributed by atoms with van der Waals surface area (Å²) in [5, 5.41) is 0. The molecule has 0 aromatic rings. The van der Waals surface area contributed by atoms with Crippen molar-refractivity contribution in [2.45, 2.75) is 58.0 Å². The first-order valence-electron chi connectivity index (χ1n) is 6.77. The molecule has 0 aliphatic heterocycles. The third-order valence-electron chi connectivity index (χ3n) is 3.63. The molecule has 1 fully saturated rings. The van der Waals surface area contributed by atoms with E-state index in [1.54, 1.807) is 13.2 Å². The zero-order valence-corrected chi connectivity index (χ0v) is 11.8. The van der Waals surface area contributed by atoms with Crippen molar-refractivity contribution in [3.8, 4) is 0 Å². The van der Waals surface area contributed by atoms with Crippen LogP contribution < -0.4 is 0 Å². The molecule has 102 valence electrons. The number of hydrogen-bond donors (Lipinski definition) is 0. The minimum absolute atomic E-state index is 0.163. The average molecular weight is 252 g/mol. The lowest BCUT2D eigenvalue weighted by Crippen LogP contribution is -2.34.